The first kappa shape index (κ1) is 13.2. The van der Waals surface area contributed by atoms with Crippen LogP contribution in [0.2, 0.25) is 0 Å². The Morgan fingerprint density at radius 2 is 2.12 bits per heavy atom. The Balaban J connectivity index is 2.54. The standard InChI is InChI=1S/C11H18N4O2/c1-8(2)17-11-10(14-6-7-15-11)13-5-4-9(16)12-3/h6-8H,4-5H2,1-3H3,(H,12,16)(H,13,14). The van der Waals surface area contributed by atoms with E-state index in [1.165, 1.54) is 0 Å². The van der Waals surface area contributed by atoms with Crippen LogP contribution in [0.15, 0.2) is 12.4 Å². The molecule has 0 spiro atoms. The average Bonchev–Trinajstić information content (AvgIpc) is 2.30. The van der Waals surface area contributed by atoms with Crippen LogP contribution < -0.4 is 15.4 Å². The van der Waals surface area contributed by atoms with Crippen LogP contribution >= 0.6 is 0 Å². The van der Waals surface area contributed by atoms with Gasteiger partial charge >= 0.3 is 0 Å². The van der Waals surface area contributed by atoms with Crippen molar-refractivity contribution in [3.63, 3.8) is 0 Å². The maximum Gasteiger partial charge on any atom is 0.257 e. The Labute approximate surface area is 101 Å². The van der Waals surface area contributed by atoms with Crippen molar-refractivity contribution in [2.45, 2.75) is 26.4 Å². The Morgan fingerprint density at radius 3 is 2.76 bits per heavy atom. The topological polar surface area (TPSA) is 76.1 Å². The summed E-state index contributed by atoms with van der Waals surface area (Å²) in [5.74, 6) is 0.997. The van der Waals surface area contributed by atoms with E-state index in [1.807, 2.05) is 13.8 Å². The summed E-state index contributed by atoms with van der Waals surface area (Å²) in [6, 6.07) is 0. The van der Waals surface area contributed by atoms with Gasteiger partial charge in [0.05, 0.1) is 6.10 Å². The zero-order valence-electron chi connectivity index (χ0n) is 10.4. The minimum atomic E-state index is -0.0206. The molecular formula is C11H18N4O2. The molecule has 0 fully saturated rings. The molecule has 2 N–H and O–H groups in total. The lowest BCUT2D eigenvalue weighted by molar-refractivity contribution is -0.120. The number of hydrogen-bond acceptors (Lipinski definition) is 5. The number of ether oxygens (including phenoxy) is 1. The third kappa shape index (κ3) is 4.67. The smallest absolute Gasteiger partial charge is 0.257 e. The van der Waals surface area contributed by atoms with Gasteiger partial charge in [0.1, 0.15) is 0 Å². The summed E-state index contributed by atoms with van der Waals surface area (Å²) in [7, 11) is 1.61. The fourth-order valence-electron chi connectivity index (χ4n) is 1.18. The van der Waals surface area contributed by atoms with Crippen molar-refractivity contribution in [2.24, 2.45) is 0 Å². The van der Waals surface area contributed by atoms with Gasteiger partial charge in [-0.3, -0.25) is 4.79 Å². The minimum absolute atomic E-state index is 0.0206. The van der Waals surface area contributed by atoms with E-state index in [-0.39, 0.29) is 12.0 Å². The molecule has 0 saturated heterocycles. The number of nitrogens with zero attached hydrogens (tertiary/aromatic N) is 2. The quantitative estimate of drug-likeness (QED) is 0.767. The highest BCUT2D eigenvalue weighted by atomic mass is 16.5. The zero-order valence-corrected chi connectivity index (χ0v) is 10.4. The van der Waals surface area contributed by atoms with E-state index in [4.69, 9.17) is 4.74 Å². The second kappa shape index (κ2) is 6.67. The number of carbonyl (C=O) groups excluding carboxylic acids is 1. The van der Waals surface area contributed by atoms with Crippen molar-refractivity contribution in [1.82, 2.24) is 15.3 Å². The molecule has 1 heterocycles. The predicted octanol–water partition coefficient (Wildman–Crippen LogP) is 0.812. The summed E-state index contributed by atoms with van der Waals surface area (Å²) in [5.41, 5.74) is 0. The molecular weight excluding hydrogens is 220 g/mol. The van der Waals surface area contributed by atoms with Crippen molar-refractivity contribution < 1.29 is 9.53 Å². The van der Waals surface area contributed by atoms with Gasteiger partial charge in [0.15, 0.2) is 5.82 Å². The molecule has 6 heteroatoms. The van der Waals surface area contributed by atoms with Crippen LogP contribution in [0.25, 0.3) is 0 Å². The van der Waals surface area contributed by atoms with E-state index in [9.17, 15) is 4.79 Å². The van der Waals surface area contributed by atoms with Gasteiger partial charge in [0, 0.05) is 32.4 Å². The molecule has 0 aliphatic heterocycles. The van der Waals surface area contributed by atoms with Crippen LogP contribution in [-0.2, 0) is 4.79 Å². The van der Waals surface area contributed by atoms with E-state index < -0.39 is 0 Å². The maximum atomic E-state index is 11.0. The number of carbonyl (C=O) groups is 1. The molecule has 1 aromatic rings. The average molecular weight is 238 g/mol. The summed E-state index contributed by atoms with van der Waals surface area (Å²) in [4.78, 5) is 19.3. The highest BCUT2D eigenvalue weighted by Gasteiger charge is 2.08. The van der Waals surface area contributed by atoms with Crippen LogP contribution in [0.3, 0.4) is 0 Å². The Kier molecular flexibility index (Phi) is 5.19. The summed E-state index contributed by atoms with van der Waals surface area (Å²) in [6.07, 6.45) is 3.57. The van der Waals surface area contributed by atoms with Crippen LogP contribution in [0.4, 0.5) is 5.82 Å². The lowest BCUT2D eigenvalue weighted by Crippen LogP contribution is -2.21. The fraction of sp³-hybridized carbons (Fsp3) is 0.545. The SMILES string of the molecule is CNC(=O)CCNc1nccnc1OC(C)C. The van der Waals surface area contributed by atoms with Crippen molar-refractivity contribution in [2.75, 3.05) is 18.9 Å². The number of nitrogens with one attached hydrogen (secondary N) is 2. The Hall–Kier alpha value is -1.85. The Bertz CT molecular complexity index is 368. The normalized spacial score (nSPS) is 10.1. The lowest BCUT2D eigenvalue weighted by Gasteiger charge is -2.12. The van der Waals surface area contributed by atoms with Crippen LogP contribution in [-0.4, -0.2) is 35.6 Å². The van der Waals surface area contributed by atoms with Gasteiger partial charge in [-0.25, -0.2) is 9.97 Å². The first-order chi connectivity index (χ1) is 8.13. The molecule has 0 aliphatic rings. The second-order valence-electron chi connectivity index (χ2n) is 3.73. The monoisotopic (exact) mass is 238 g/mol. The lowest BCUT2D eigenvalue weighted by atomic mass is 10.4. The zero-order chi connectivity index (χ0) is 12.7. The van der Waals surface area contributed by atoms with Crippen molar-refractivity contribution in [3.05, 3.63) is 12.4 Å². The molecule has 0 aromatic carbocycles. The van der Waals surface area contributed by atoms with Crippen molar-refractivity contribution in [3.8, 4) is 5.88 Å². The molecule has 0 radical (unpaired) electrons. The van der Waals surface area contributed by atoms with Gasteiger partial charge in [-0.1, -0.05) is 0 Å². The van der Waals surface area contributed by atoms with Crippen LogP contribution in [0.5, 0.6) is 5.88 Å². The molecule has 17 heavy (non-hydrogen) atoms. The minimum Gasteiger partial charge on any atom is -0.472 e. The van der Waals surface area contributed by atoms with Crippen molar-refractivity contribution in [1.29, 1.82) is 0 Å². The summed E-state index contributed by atoms with van der Waals surface area (Å²) >= 11 is 0. The number of hydrogen-bond donors (Lipinski definition) is 2. The molecule has 0 bridgehead atoms. The summed E-state index contributed by atoms with van der Waals surface area (Å²) in [5, 5.41) is 5.58. The van der Waals surface area contributed by atoms with E-state index >= 15 is 0 Å². The third-order valence-corrected chi connectivity index (χ3v) is 1.94. The van der Waals surface area contributed by atoms with E-state index in [0.29, 0.717) is 24.7 Å². The molecule has 1 rings (SSSR count). The molecule has 6 nitrogen and oxygen atoms in total. The second-order valence-corrected chi connectivity index (χ2v) is 3.73. The molecule has 0 atom stereocenters. The number of anilines is 1. The predicted molar refractivity (Wildman–Crippen MR) is 65.0 cm³/mol. The first-order valence-corrected chi connectivity index (χ1v) is 5.55. The maximum absolute atomic E-state index is 11.0. The van der Waals surface area contributed by atoms with Crippen LogP contribution in [0.1, 0.15) is 20.3 Å². The Morgan fingerprint density at radius 1 is 1.41 bits per heavy atom. The van der Waals surface area contributed by atoms with Gasteiger partial charge in [0.2, 0.25) is 5.91 Å². The fourth-order valence-corrected chi connectivity index (χ4v) is 1.18. The van der Waals surface area contributed by atoms with Gasteiger partial charge in [-0.15, -0.1) is 0 Å². The molecule has 1 amide bonds. The third-order valence-electron chi connectivity index (χ3n) is 1.94. The van der Waals surface area contributed by atoms with E-state index in [1.54, 1.807) is 19.4 Å². The largest absolute Gasteiger partial charge is 0.472 e. The highest BCUT2D eigenvalue weighted by molar-refractivity contribution is 5.76. The molecule has 0 unspecified atom stereocenters. The number of aromatic nitrogens is 2. The first-order valence-electron chi connectivity index (χ1n) is 5.55. The van der Waals surface area contributed by atoms with Gasteiger partial charge < -0.3 is 15.4 Å². The molecule has 1 aromatic heterocycles. The highest BCUT2D eigenvalue weighted by Crippen LogP contribution is 2.18. The van der Waals surface area contributed by atoms with Gasteiger partial charge in [0.25, 0.3) is 5.88 Å². The van der Waals surface area contributed by atoms with Crippen LogP contribution in [0, 0.1) is 0 Å². The van der Waals surface area contributed by atoms with Gasteiger partial charge in [-0.05, 0) is 13.8 Å². The van der Waals surface area contributed by atoms with E-state index in [0.717, 1.165) is 0 Å². The van der Waals surface area contributed by atoms with Gasteiger partial charge in [-0.2, -0.15) is 0 Å². The summed E-state index contributed by atoms with van der Waals surface area (Å²) in [6.45, 7) is 4.33. The summed E-state index contributed by atoms with van der Waals surface area (Å²) < 4.78 is 5.49. The van der Waals surface area contributed by atoms with Crippen molar-refractivity contribution >= 4 is 11.7 Å². The van der Waals surface area contributed by atoms with E-state index in [2.05, 4.69) is 20.6 Å². The number of rotatable bonds is 6. The number of amides is 1. The molecule has 0 saturated carbocycles. The molecule has 94 valence electrons. The molecule has 0 aliphatic carbocycles.